The summed E-state index contributed by atoms with van der Waals surface area (Å²) in [6.07, 6.45) is 0.707. The second-order valence-corrected chi connectivity index (χ2v) is 7.07. The van der Waals surface area contributed by atoms with Crippen molar-refractivity contribution in [2.24, 2.45) is 11.8 Å². The molecule has 1 aliphatic carbocycles. The molecule has 1 fully saturated rings. The molecule has 2 rings (SSSR count). The van der Waals surface area contributed by atoms with Crippen molar-refractivity contribution in [2.75, 3.05) is 0 Å². The Morgan fingerprint density at radius 2 is 2.14 bits per heavy atom. The summed E-state index contributed by atoms with van der Waals surface area (Å²) in [6.45, 7) is 5.63. The number of hydrogen-bond donors (Lipinski definition) is 2. The third kappa shape index (κ3) is 3.80. The largest absolute Gasteiger partial charge is 0.481 e. The van der Waals surface area contributed by atoms with Crippen LogP contribution in [0.1, 0.15) is 45.1 Å². The molecule has 0 heterocycles. The van der Waals surface area contributed by atoms with Crippen molar-refractivity contribution in [3.8, 4) is 0 Å². The number of hydrogen-bond acceptors (Lipinski definition) is 2. The van der Waals surface area contributed by atoms with Gasteiger partial charge in [-0.05, 0) is 42.9 Å². The van der Waals surface area contributed by atoms with Gasteiger partial charge in [0, 0.05) is 16.5 Å². The normalized spacial score (nSPS) is 23.0. The monoisotopic (exact) mass is 323 g/mol. The first-order chi connectivity index (χ1) is 10.2. The average molecular weight is 324 g/mol. The van der Waals surface area contributed by atoms with Gasteiger partial charge in [-0.15, -0.1) is 0 Å². The Bertz CT molecular complexity index is 587. The van der Waals surface area contributed by atoms with Crippen LogP contribution in [-0.4, -0.2) is 22.5 Å². The molecule has 1 saturated carbocycles. The maximum atomic E-state index is 12.4. The van der Waals surface area contributed by atoms with E-state index < -0.39 is 11.5 Å². The quantitative estimate of drug-likeness (QED) is 0.842. The van der Waals surface area contributed by atoms with Gasteiger partial charge in [-0.3, -0.25) is 9.59 Å². The van der Waals surface area contributed by atoms with Crippen LogP contribution >= 0.6 is 11.6 Å². The number of rotatable bonds is 6. The molecule has 0 saturated heterocycles. The minimum atomic E-state index is -0.904. The molecule has 4 nitrogen and oxygen atoms in total. The molecule has 3 unspecified atom stereocenters. The van der Waals surface area contributed by atoms with Crippen molar-refractivity contribution in [3.63, 3.8) is 0 Å². The van der Waals surface area contributed by atoms with Gasteiger partial charge in [0.15, 0.2) is 0 Å². The maximum absolute atomic E-state index is 12.4. The second-order valence-electron chi connectivity index (χ2n) is 6.64. The Labute approximate surface area is 135 Å². The summed E-state index contributed by atoms with van der Waals surface area (Å²) in [7, 11) is 0. The van der Waals surface area contributed by atoms with Crippen molar-refractivity contribution in [3.05, 3.63) is 34.9 Å². The van der Waals surface area contributed by atoms with E-state index in [0.717, 1.165) is 12.0 Å². The van der Waals surface area contributed by atoms with Crippen LogP contribution in [0.2, 0.25) is 5.02 Å². The van der Waals surface area contributed by atoms with Crippen LogP contribution in [0.15, 0.2) is 24.3 Å². The van der Waals surface area contributed by atoms with E-state index in [9.17, 15) is 9.59 Å². The molecule has 0 radical (unpaired) electrons. The van der Waals surface area contributed by atoms with Crippen LogP contribution in [0.3, 0.4) is 0 Å². The van der Waals surface area contributed by atoms with Gasteiger partial charge in [0.05, 0.1) is 6.42 Å². The number of carbonyl (C=O) groups excluding carboxylic acids is 1. The molecule has 5 heteroatoms. The maximum Gasteiger partial charge on any atom is 0.305 e. The predicted molar refractivity (Wildman–Crippen MR) is 85.9 cm³/mol. The van der Waals surface area contributed by atoms with Crippen molar-refractivity contribution in [1.29, 1.82) is 0 Å². The molecular weight excluding hydrogens is 302 g/mol. The lowest BCUT2D eigenvalue weighted by molar-refractivity contribution is -0.139. The molecule has 1 amide bonds. The van der Waals surface area contributed by atoms with E-state index >= 15 is 0 Å². The standard InChI is InChI=1S/C17H22ClNO3/c1-10(2)17(3,9-15(20)21)19-16(22)14-8-13(14)11-5-4-6-12(18)7-11/h4-7,10,13-14H,8-9H2,1-3H3,(H,19,22)(H,20,21). The zero-order chi connectivity index (χ0) is 16.5. The molecule has 1 aliphatic rings. The fourth-order valence-electron chi connectivity index (χ4n) is 2.67. The van der Waals surface area contributed by atoms with Gasteiger partial charge in [-0.25, -0.2) is 0 Å². The number of amides is 1. The molecule has 1 aromatic carbocycles. The molecule has 0 spiro atoms. The highest BCUT2D eigenvalue weighted by atomic mass is 35.5. The summed E-state index contributed by atoms with van der Waals surface area (Å²) in [5.41, 5.74) is 0.335. The molecule has 3 atom stereocenters. The number of benzene rings is 1. The topological polar surface area (TPSA) is 66.4 Å². The Hall–Kier alpha value is -1.55. The van der Waals surface area contributed by atoms with Gasteiger partial charge in [-0.2, -0.15) is 0 Å². The van der Waals surface area contributed by atoms with Gasteiger partial charge in [0.1, 0.15) is 0 Å². The first-order valence-corrected chi connectivity index (χ1v) is 7.90. The van der Waals surface area contributed by atoms with Gasteiger partial charge >= 0.3 is 5.97 Å². The van der Waals surface area contributed by atoms with E-state index in [-0.39, 0.29) is 30.1 Å². The molecule has 0 aliphatic heterocycles. The van der Waals surface area contributed by atoms with E-state index in [1.54, 1.807) is 6.92 Å². The third-order valence-electron chi connectivity index (χ3n) is 4.61. The summed E-state index contributed by atoms with van der Waals surface area (Å²) in [5.74, 6) is -0.845. The van der Waals surface area contributed by atoms with Crippen LogP contribution in [0.25, 0.3) is 0 Å². The Kier molecular flexibility index (Phi) is 4.81. The number of carboxylic acids is 1. The number of carboxylic acid groups (broad SMARTS) is 1. The number of nitrogens with one attached hydrogen (secondary N) is 1. The van der Waals surface area contributed by atoms with Crippen LogP contribution in [0, 0.1) is 11.8 Å². The van der Waals surface area contributed by atoms with E-state index in [1.165, 1.54) is 0 Å². The second kappa shape index (κ2) is 6.29. The predicted octanol–water partition coefficient (Wildman–Crippen LogP) is 3.45. The Morgan fingerprint density at radius 3 is 2.68 bits per heavy atom. The minimum absolute atomic E-state index is 0.0379. The van der Waals surface area contributed by atoms with Crippen LogP contribution in [0.5, 0.6) is 0 Å². The molecule has 22 heavy (non-hydrogen) atoms. The van der Waals surface area contributed by atoms with E-state index in [0.29, 0.717) is 5.02 Å². The number of halogens is 1. The SMILES string of the molecule is CC(C)C(C)(CC(=O)O)NC(=O)C1CC1c1cccc(Cl)c1. The van der Waals surface area contributed by atoms with Crippen LogP contribution in [0.4, 0.5) is 0 Å². The van der Waals surface area contributed by atoms with Crippen molar-refractivity contribution < 1.29 is 14.7 Å². The van der Waals surface area contributed by atoms with Crippen LogP contribution < -0.4 is 5.32 Å². The average Bonchev–Trinajstić information content (AvgIpc) is 3.17. The van der Waals surface area contributed by atoms with Gasteiger partial charge < -0.3 is 10.4 Å². The lowest BCUT2D eigenvalue weighted by Gasteiger charge is -2.33. The van der Waals surface area contributed by atoms with Crippen LogP contribution in [-0.2, 0) is 9.59 Å². The molecule has 2 N–H and O–H groups in total. The van der Waals surface area contributed by atoms with E-state index in [1.807, 2.05) is 38.1 Å². The fourth-order valence-corrected chi connectivity index (χ4v) is 2.87. The summed E-state index contributed by atoms with van der Waals surface area (Å²) in [6, 6.07) is 7.56. The molecule has 120 valence electrons. The smallest absolute Gasteiger partial charge is 0.305 e. The molecular formula is C17H22ClNO3. The molecule has 0 aromatic heterocycles. The van der Waals surface area contributed by atoms with Crippen molar-refractivity contribution in [1.82, 2.24) is 5.32 Å². The van der Waals surface area contributed by atoms with Gasteiger partial charge in [-0.1, -0.05) is 37.6 Å². The fraction of sp³-hybridized carbons (Fsp3) is 0.529. The summed E-state index contributed by atoms with van der Waals surface area (Å²) in [5, 5.41) is 12.7. The highest BCUT2D eigenvalue weighted by molar-refractivity contribution is 6.30. The highest BCUT2D eigenvalue weighted by Gasteiger charge is 2.46. The summed E-state index contributed by atoms with van der Waals surface area (Å²) < 4.78 is 0. The zero-order valence-electron chi connectivity index (χ0n) is 13.1. The minimum Gasteiger partial charge on any atom is -0.481 e. The van der Waals surface area contributed by atoms with Gasteiger partial charge in [0.2, 0.25) is 5.91 Å². The zero-order valence-corrected chi connectivity index (χ0v) is 13.9. The van der Waals surface area contributed by atoms with Crippen molar-refractivity contribution >= 4 is 23.5 Å². The third-order valence-corrected chi connectivity index (χ3v) is 4.84. The van der Waals surface area contributed by atoms with E-state index in [2.05, 4.69) is 5.32 Å². The molecule has 0 bridgehead atoms. The van der Waals surface area contributed by atoms with Gasteiger partial charge in [0.25, 0.3) is 0 Å². The molecule has 1 aromatic rings. The Morgan fingerprint density at radius 1 is 1.45 bits per heavy atom. The summed E-state index contributed by atoms with van der Waals surface area (Å²) >= 11 is 5.98. The lowest BCUT2D eigenvalue weighted by atomic mass is 9.85. The van der Waals surface area contributed by atoms with E-state index in [4.69, 9.17) is 16.7 Å². The Balaban J connectivity index is 2.02. The lowest BCUT2D eigenvalue weighted by Crippen LogP contribution is -2.51. The first kappa shape index (κ1) is 16.8. The van der Waals surface area contributed by atoms with Crippen molar-refractivity contribution in [2.45, 2.75) is 45.1 Å². The highest BCUT2D eigenvalue weighted by Crippen LogP contribution is 2.48. The first-order valence-electron chi connectivity index (χ1n) is 7.52. The summed E-state index contributed by atoms with van der Waals surface area (Å²) in [4.78, 5) is 23.5. The number of aliphatic carboxylic acids is 1. The number of carbonyl (C=O) groups is 2.